The molecule has 1 radical (unpaired) electrons. The van der Waals surface area contributed by atoms with Crippen LogP contribution in [0.3, 0.4) is 0 Å². The zero-order chi connectivity index (χ0) is 4.12. The summed E-state index contributed by atoms with van der Waals surface area (Å²) < 4.78 is 0. The van der Waals surface area contributed by atoms with Crippen molar-refractivity contribution in [1.82, 2.24) is 0 Å². The predicted octanol–water partition coefficient (Wildman–Crippen LogP) is 1.72. The van der Waals surface area contributed by atoms with E-state index in [4.69, 9.17) is 0 Å². The summed E-state index contributed by atoms with van der Waals surface area (Å²) >= 11 is 0.312. The second kappa shape index (κ2) is 9.13. The molecule has 0 rings (SSSR count). The first kappa shape index (κ1) is 9.76. The Morgan fingerprint density at radius 3 is 1.50 bits per heavy atom. The molecule has 0 aromatic carbocycles. The maximum absolute atomic E-state index is 2.28. The normalized spacial score (nSPS) is 6.33. The van der Waals surface area contributed by atoms with Crippen LogP contribution in [0.15, 0.2) is 0 Å². The fraction of sp³-hybridized carbons (Fsp3) is 1.00. The fourth-order valence-electron chi connectivity index (χ4n) is 0.289. The van der Waals surface area contributed by atoms with Gasteiger partial charge in [0.2, 0.25) is 0 Å². The van der Waals surface area contributed by atoms with Crippen molar-refractivity contribution in [3.8, 4) is 0 Å². The Hall–Kier alpha value is 0.566. The molecule has 0 aromatic rings. The first-order valence-corrected chi connectivity index (χ1v) is 5.66. The third-order valence-electron chi connectivity index (χ3n) is 0.577. The average Bonchev–Trinajstić information content (AvgIpc) is 1.41. The van der Waals surface area contributed by atoms with Crippen molar-refractivity contribution in [2.24, 2.45) is 0 Å². The van der Waals surface area contributed by atoms with Gasteiger partial charge >= 0.3 is 41.2 Å². The van der Waals surface area contributed by atoms with Gasteiger partial charge in [-0.2, -0.15) is 0 Å². The van der Waals surface area contributed by atoms with E-state index >= 15 is 0 Å². The van der Waals surface area contributed by atoms with E-state index in [0.29, 0.717) is 17.4 Å². The van der Waals surface area contributed by atoms with Crippen LogP contribution in [0.1, 0.15) is 13.8 Å². The van der Waals surface area contributed by atoms with Crippen LogP contribution in [0.4, 0.5) is 4.70 Å². The topological polar surface area (TPSA) is 0 Å². The van der Waals surface area contributed by atoms with Gasteiger partial charge in [-0.15, -0.1) is 0 Å². The van der Waals surface area contributed by atoms with Crippen LogP contribution >= 0.6 is 0 Å². The molecule has 0 bridgehead atoms. The molecular weight excluding hydrogens is 137 g/mol. The van der Waals surface area contributed by atoms with Crippen molar-refractivity contribution in [2.75, 3.05) is 0 Å². The molecule has 0 nitrogen and oxygen atoms in total. The van der Waals surface area contributed by atoms with E-state index < -0.39 is 0 Å². The molecule has 0 aliphatic rings. The molecule has 0 aliphatic heterocycles. The molecule has 37 valence electrons. The maximum atomic E-state index is 2.28. The SMILES string of the molecule is C[CH2][Ga][CH2]C.F. The van der Waals surface area contributed by atoms with E-state index in [1.807, 2.05) is 0 Å². The van der Waals surface area contributed by atoms with Gasteiger partial charge in [0.1, 0.15) is 0 Å². The molecule has 0 saturated carbocycles. The average molecular weight is 148 g/mol. The van der Waals surface area contributed by atoms with Crippen LogP contribution in [0.2, 0.25) is 9.95 Å². The molecule has 0 fully saturated rings. The zero-order valence-electron chi connectivity index (χ0n) is 4.40. The Balaban J connectivity index is 0. The Morgan fingerprint density at radius 1 is 1.17 bits per heavy atom. The van der Waals surface area contributed by atoms with Crippen molar-refractivity contribution < 1.29 is 4.70 Å². The van der Waals surface area contributed by atoms with E-state index in [9.17, 15) is 0 Å². The minimum atomic E-state index is 0. The van der Waals surface area contributed by atoms with Crippen molar-refractivity contribution in [3.63, 3.8) is 0 Å². The summed E-state index contributed by atoms with van der Waals surface area (Å²) in [7, 11) is 0. The van der Waals surface area contributed by atoms with Gasteiger partial charge in [0.15, 0.2) is 0 Å². The minimum Gasteiger partial charge on any atom is -0.269 e. The standard InChI is InChI=1S/2C2H5.FH.Ga/c2*1-2;;/h2*1H2,2H3;1H;. The molecule has 6 heavy (non-hydrogen) atoms. The monoisotopic (exact) mass is 147 g/mol. The van der Waals surface area contributed by atoms with Crippen LogP contribution in [-0.2, 0) is 0 Å². The molecule has 0 amide bonds. The van der Waals surface area contributed by atoms with E-state index in [0.717, 1.165) is 0 Å². The number of hydrogen-bond acceptors (Lipinski definition) is 0. The summed E-state index contributed by atoms with van der Waals surface area (Å²) in [5, 5.41) is 0. The Kier molecular flexibility index (Phi) is 14.8. The van der Waals surface area contributed by atoms with Gasteiger partial charge in [0, 0.05) is 0 Å². The maximum Gasteiger partial charge on any atom is -0.269 e. The molecule has 0 saturated heterocycles. The number of rotatable bonds is 2. The van der Waals surface area contributed by atoms with E-state index in [2.05, 4.69) is 13.8 Å². The number of halogens is 1. The smallest absolute Gasteiger partial charge is 0.269 e. The van der Waals surface area contributed by atoms with Crippen molar-refractivity contribution in [3.05, 3.63) is 0 Å². The van der Waals surface area contributed by atoms with E-state index in [1.165, 1.54) is 9.95 Å². The molecule has 0 N–H and O–H groups in total. The predicted molar refractivity (Wildman–Crippen MR) is 29.2 cm³/mol. The summed E-state index contributed by atoms with van der Waals surface area (Å²) in [6, 6.07) is 0. The summed E-state index contributed by atoms with van der Waals surface area (Å²) in [5.74, 6) is 0. The van der Waals surface area contributed by atoms with Gasteiger partial charge in [-0.3, -0.25) is 4.70 Å². The molecule has 0 aromatic heterocycles. The number of hydrogen-bond donors (Lipinski definition) is 0. The largest absolute Gasteiger partial charge is 0.269 e. The van der Waals surface area contributed by atoms with Crippen LogP contribution in [-0.4, -0.2) is 17.4 Å². The van der Waals surface area contributed by atoms with Crippen LogP contribution in [0.5, 0.6) is 0 Å². The first-order chi connectivity index (χ1) is 2.41. The van der Waals surface area contributed by atoms with E-state index in [1.54, 1.807) is 0 Å². The van der Waals surface area contributed by atoms with Crippen LogP contribution in [0.25, 0.3) is 0 Å². The quantitative estimate of drug-likeness (QED) is 0.522. The van der Waals surface area contributed by atoms with Gasteiger partial charge in [-0.05, 0) is 0 Å². The van der Waals surface area contributed by atoms with Crippen molar-refractivity contribution in [2.45, 2.75) is 23.8 Å². The van der Waals surface area contributed by atoms with Gasteiger partial charge in [0.05, 0.1) is 0 Å². The fourth-order valence-corrected chi connectivity index (χ4v) is 1.50. The van der Waals surface area contributed by atoms with Crippen molar-refractivity contribution in [1.29, 1.82) is 0 Å². The van der Waals surface area contributed by atoms with Gasteiger partial charge in [-0.25, -0.2) is 0 Å². The van der Waals surface area contributed by atoms with Crippen LogP contribution < -0.4 is 0 Å². The zero-order valence-corrected chi connectivity index (χ0v) is 6.82. The third-order valence-corrected chi connectivity index (χ3v) is 3.00. The first-order valence-electron chi connectivity index (χ1n) is 2.23. The van der Waals surface area contributed by atoms with Crippen molar-refractivity contribution >= 4 is 17.4 Å². The van der Waals surface area contributed by atoms with Gasteiger partial charge in [0.25, 0.3) is 0 Å². The molecule has 2 heteroatoms. The Morgan fingerprint density at radius 2 is 1.50 bits per heavy atom. The molecular formula is C4H11FGa. The van der Waals surface area contributed by atoms with E-state index in [-0.39, 0.29) is 4.70 Å². The third kappa shape index (κ3) is 8.82. The summed E-state index contributed by atoms with van der Waals surface area (Å²) in [6.45, 7) is 4.56. The molecule has 0 aliphatic carbocycles. The summed E-state index contributed by atoms with van der Waals surface area (Å²) in [4.78, 5) is 3.00. The van der Waals surface area contributed by atoms with Crippen LogP contribution in [0, 0.1) is 0 Å². The summed E-state index contributed by atoms with van der Waals surface area (Å²) in [5.41, 5.74) is 0. The van der Waals surface area contributed by atoms with Gasteiger partial charge < -0.3 is 0 Å². The Labute approximate surface area is 46.5 Å². The minimum absolute atomic E-state index is 0. The van der Waals surface area contributed by atoms with Gasteiger partial charge in [-0.1, -0.05) is 0 Å². The molecule has 0 unspecified atom stereocenters. The molecule has 0 spiro atoms. The second-order valence-corrected chi connectivity index (χ2v) is 5.74. The summed E-state index contributed by atoms with van der Waals surface area (Å²) in [6.07, 6.45) is 0. The Bertz CT molecular complexity index is 15.0. The second-order valence-electron chi connectivity index (χ2n) is 1.11. The molecule has 0 atom stereocenters. The molecule has 0 heterocycles.